The molecule has 0 aliphatic carbocycles. The standard InChI is InChI=1S/C14H20N2O2S/c1-3-18-14(17)11-4-5-13(12(15)8-11)16-6-7-19-10(2)9-16/h4-5,8,10H,3,6-7,9,15H2,1-2H3. The van der Waals surface area contributed by atoms with Gasteiger partial charge in [-0.15, -0.1) is 0 Å². The van der Waals surface area contributed by atoms with Crippen LogP contribution in [-0.2, 0) is 4.74 Å². The van der Waals surface area contributed by atoms with Crippen molar-refractivity contribution in [3.8, 4) is 0 Å². The van der Waals surface area contributed by atoms with Crippen molar-refractivity contribution >= 4 is 29.1 Å². The number of benzene rings is 1. The van der Waals surface area contributed by atoms with Crippen LogP contribution in [-0.4, -0.2) is 36.7 Å². The monoisotopic (exact) mass is 280 g/mol. The number of nitrogens with zero attached hydrogens (tertiary/aromatic N) is 1. The van der Waals surface area contributed by atoms with Crippen LogP contribution in [0.2, 0.25) is 0 Å². The van der Waals surface area contributed by atoms with Crippen LogP contribution in [0.5, 0.6) is 0 Å². The summed E-state index contributed by atoms with van der Waals surface area (Å²) >= 11 is 1.98. The van der Waals surface area contributed by atoms with E-state index in [4.69, 9.17) is 10.5 Å². The SMILES string of the molecule is CCOC(=O)c1ccc(N2CCSC(C)C2)c(N)c1. The number of esters is 1. The lowest BCUT2D eigenvalue weighted by molar-refractivity contribution is 0.0526. The zero-order valence-corrected chi connectivity index (χ0v) is 12.2. The zero-order chi connectivity index (χ0) is 13.8. The quantitative estimate of drug-likeness (QED) is 0.680. The van der Waals surface area contributed by atoms with Crippen molar-refractivity contribution in [2.75, 3.05) is 36.1 Å². The molecule has 1 saturated heterocycles. The third kappa shape index (κ3) is 3.35. The first-order chi connectivity index (χ1) is 9.11. The van der Waals surface area contributed by atoms with Crippen LogP contribution < -0.4 is 10.6 Å². The van der Waals surface area contributed by atoms with Gasteiger partial charge >= 0.3 is 5.97 Å². The van der Waals surface area contributed by atoms with E-state index in [1.807, 2.05) is 17.8 Å². The van der Waals surface area contributed by atoms with Gasteiger partial charge in [0.05, 0.1) is 23.5 Å². The van der Waals surface area contributed by atoms with Crippen molar-refractivity contribution in [3.05, 3.63) is 23.8 Å². The first-order valence-corrected chi connectivity index (χ1v) is 7.60. The normalized spacial score (nSPS) is 19.3. The molecule has 1 unspecified atom stereocenters. The average Bonchev–Trinajstić information content (AvgIpc) is 2.38. The second kappa shape index (κ2) is 6.19. The predicted molar refractivity (Wildman–Crippen MR) is 80.9 cm³/mol. The molecule has 1 fully saturated rings. The van der Waals surface area contributed by atoms with Gasteiger partial charge in [0.1, 0.15) is 0 Å². The van der Waals surface area contributed by atoms with Gasteiger partial charge in [-0.05, 0) is 25.1 Å². The largest absolute Gasteiger partial charge is 0.462 e. The minimum Gasteiger partial charge on any atom is -0.462 e. The number of nitrogens with two attached hydrogens (primary N) is 1. The van der Waals surface area contributed by atoms with Crippen LogP contribution in [0.4, 0.5) is 11.4 Å². The van der Waals surface area contributed by atoms with Crippen molar-refractivity contribution in [1.82, 2.24) is 0 Å². The molecule has 1 aliphatic rings. The molecule has 1 aliphatic heterocycles. The van der Waals surface area contributed by atoms with Gasteiger partial charge in [-0.2, -0.15) is 11.8 Å². The van der Waals surface area contributed by atoms with Gasteiger partial charge in [0.15, 0.2) is 0 Å². The van der Waals surface area contributed by atoms with Crippen LogP contribution in [0, 0.1) is 0 Å². The fourth-order valence-electron chi connectivity index (χ4n) is 2.22. The topological polar surface area (TPSA) is 55.6 Å². The van der Waals surface area contributed by atoms with Gasteiger partial charge in [0.25, 0.3) is 0 Å². The Morgan fingerprint density at radius 2 is 2.37 bits per heavy atom. The number of carbonyl (C=O) groups excluding carboxylic acids is 1. The Morgan fingerprint density at radius 3 is 3.00 bits per heavy atom. The van der Waals surface area contributed by atoms with E-state index >= 15 is 0 Å². The maximum atomic E-state index is 11.6. The highest BCUT2D eigenvalue weighted by atomic mass is 32.2. The molecule has 2 N–H and O–H groups in total. The molecule has 0 bridgehead atoms. The predicted octanol–water partition coefficient (Wildman–Crippen LogP) is 2.39. The molecule has 1 heterocycles. The maximum Gasteiger partial charge on any atom is 0.338 e. The van der Waals surface area contributed by atoms with Gasteiger partial charge in [0.2, 0.25) is 0 Å². The zero-order valence-electron chi connectivity index (χ0n) is 11.4. The molecule has 0 radical (unpaired) electrons. The Balaban J connectivity index is 2.17. The maximum absolute atomic E-state index is 11.6. The summed E-state index contributed by atoms with van der Waals surface area (Å²) in [5.74, 6) is 0.795. The van der Waals surface area contributed by atoms with E-state index in [1.54, 1.807) is 19.1 Å². The molecule has 0 saturated carbocycles. The average molecular weight is 280 g/mol. The van der Waals surface area contributed by atoms with Crippen molar-refractivity contribution in [2.45, 2.75) is 19.1 Å². The van der Waals surface area contributed by atoms with E-state index < -0.39 is 0 Å². The summed E-state index contributed by atoms with van der Waals surface area (Å²) in [5.41, 5.74) is 8.25. The second-order valence-corrected chi connectivity index (χ2v) is 6.17. The lowest BCUT2D eigenvalue weighted by Gasteiger charge is -2.33. The smallest absolute Gasteiger partial charge is 0.338 e. The van der Waals surface area contributed by atoms with E-state index in [0.29, 0.717) is 23.1 Å². The van der Waals surface area contributed by atoms with Crippen molar-refractivity contribution < 1.29 is 9.53 Å². The molecule has 19 heavy (non-hydrogen) atoms. The van der Waals surface area contributed by atoms with Crippen LogP contribution in [0.3, 0.4) is 0 Å². The Hall–Kier alpha value is -1.36. The molecule has 104 valence electrons. The fraction of sp³-hybridized carbons (Fsp3) is 0.500. The lowest BCUT2D eigenvalue weighted by atomic mass is 10.1. The molecular weight excluding hydrogens is 260 g/mol. The number of thioether (sulfide) groups is 1. The number of hydrogen-bond donors (Lipinski definition) is 1. The first-order valence-electron chi connectivity index (χ1n) is 6.55. The molecule has 1 aromatic rings. The molecule has 0 aromatic heterocycles. The van der Waals surface area contributed by atoms with Crippen LogP contribution in [0.15, 0.2) is 18.2 Å². The highest BCUT2D eigenvalue weighted by Gasteiger charge is 2.19. The third-order valence-corrected chi connectivity index (χ3v) is 4.26. The van der Waals surface area contributed by atoms with E-state index in [9.17, 15) is 4.79 Å². The summed E-state index contributed by atoms with van der Waals surface area (Å²) < 4.78 is 4.97. The molecule has 0 amide bonds. The van der Waals surface area contributed by atoms with Crippen molar-refractivity contribution in [1.29, 1.82) is 0 Å². The van der Waals surface area contributed by atoms with Gasteiger partial charge in [-0.3, -0.25) is 0 Å². The van der Waals surface area contributed by atoms with Gasteiger partial charge < -0.3 is 15.4 Å². The third-order valence-electron chi connectivity index (χ3n) is 3.12. The number of carbonyl (C=O) groups is 1. The number of rotatable bonds is 3. The fourth-order valence-corrected chi connectivity index (χ4v) is 3.23. The Labute approximate surface area is 118 Å². The van der Waals surface area contributed by atoms with Gasteiger partial charge in [-0.1, -0.05) is 6.92 Å². The number of anilines is 2. The van der Waals surface area contributed by atoms with E-state index in [0.717, 1.165) is 24.5 Å². The van der Waals surface area contributed by atoms with E-state index in [1.165, 1.54) is 0 Å². The molecule has 5 heteroatoms. The Morgan fingerprint density at radius 1 is 1.58 bits per heavy atom. The van der Waals surface area contributed by atoms with Gasteiger partial charge in [0, 0.05) is 24.1 Å². The lowest BCUT2D eigenvalue weighted by Crippen LogP contribution is -2.37. The summed E-state index contributed by atoms with van der Waals surface area (Å²) in [6.45, 7) is 6.38. The summed E-state index contributed by atoms with van der Waals surface area (Å²) in [5, 5.41) is 0.609. The highest BCUT2D eigenvalue weighted by Crippen LogP contribution is 2.29. The summed E-state index contributed by atoms with van der Waals surface area (Å²) in [6, 6.07) is 5.42. The molecule has 1 aromatic carbocycles. The number of nitrogen functional groups attached to an aromatic ring is 1. The van der Waals surface area contributed by atoms with Crippen LogP contribution in [0.1, 0.15) is 24.2 Å². The van der Waals surface area contributed by atoms with Crippen molar-refractivity contribution in [3.63, 3.8) is 0 Å². The van der Waals surface area contributed by atoms with Crippen LogP contribution in [0.25, 0.3) is 0 Å². The van der Waals surface area contributed by atoms with Gasteiger partial charge in [-0.25, -0.2) is 4.79 Å². The Kier molecular flexibility index (Phi) is 4.58. The van der Waals surface area contributed by atoms with Crippen molar-refractivity contribution in [2.24, 2.45) is 0 Å². The highest BCUT2D eigenvalue weighted by molar-refractivity contribution is 8.00. The second-order valence-electron chi connectivity index (χ2n) is 4.62. The summed E-state index contributed by atoms with van der Waals surface area (Å²) in [4.78, 5) is 13.9. The van der Waals surface area contributed by atoms with Crippen LogP contribution >= 0.6 is 11.8 Å². The minimum atomic E-state index is -0.316. The molecule has 0 spiro atoms. The number of hydrogen-bond acceptors (Lipinski definition) is 5. The summed E-state index contributed by atoms with van der Waals surface area (Å²) in [7, 11) is 0. The minimum absolute atomic E-state index is 0.316. The summed E-state index contributed by atoms with van der Waals surface area (Å²) in [6.07, 6.45) is 0. The molecule has 1 atom stereocenters. The molecule has 4 nitrogen and oxygen atoms in total. The number of ether oxygens (including phenoxy) is 1. The molecule has 2 rings (SSSR count). The Bertz CT molecular complexity index is 465. The molecular formula is C14H20N2O2S. The van der Waals surface area contributed by atoms with E-state index in [-0.39, 0.29) is 5.97 Å². The van der Waals surface area contributed by atoms with E-state index in [2.05, 4.69) is 11.8 Å². The first kappa shape index (κ1) is 14.1.